The molecule has 1 saturated heterocycles. The van der Waals surface area contributed by atoms with Crippen LogP contribution in [0, 0.1) is 5.82 Å². The average Bonchev–Trinajstić information content (AvgIpc) is 2.70. The topological polar surface area (TPSA) is 88.6 Å². The number of pyridine rings is 1. The number of nitrogens with one attached hydrogen (secondary N) is 1. The fraction of sp³-hybridized carbons (Fsp3) is 0.368. The predicted octanol–water partition coefficient (Wildman–Crippen LogP) is 1.66. The first kappa shape index (κ1) is 18.8. The van der Waals surface area contributed by atoms with Gasteiger partial charge >= 0.3 is 5.97 Å². The maximum atomic E-state index is 13.2. The number of hydrogen-bond donors (Lipinski definition) is 1. The summed E-state index contributed by atoms with van der Waals surface area (Å²) in [4.78, 5) is 42.2. The summed E-state index contributed by atoms with van der Waals surface area (Å²) in [5.74, 6) is -1.69. The Kier molecular flexibility index (Phi) is 5.63. The molecule has 8 heteroatoms. The van der Waals surface area contributed by atoms with Gasteiger partial charge in [0.1, 0.15) is 17.6 Å². The smallest absolute Gasteiger partial charge is 0.328 e. The third-order valence-electron chi connectivity index (χ3n) is 4.58. The van der Waals surface area contributed by atoms with E-state index in [1.807, 2.05) is 0 Å². The number of amides is 2. The Bertz CT molecular complexity index is 886. The van der Waals surface area contributed by atoms with Crippen molar-refractivity contribution in [2.24, 2.45) is 0 Å². The minimum Gasteiger partial charge on any atom is -0.467 e. The van der Waals surface area contributed by atoms with Gasteiger partial charge in [0.2, 0.25) is 5.91 Å². The second-order valence-corrected chi connectivity index (χ2v) is 6.34. The van der Waals surface area contributed by atoms with E-state index in [1.165, 1.54) is 36.3 Å². The van der Waals surface area contributed by atoms with E-state index in [0.717, 1.165) is 12.8 Å². The number of aromatic nitrogens is 1. The molecule has 0 spiro atoms. The van der Waals surface area contributed by atoms with Gasteiger partial charge in [-0.3, -0.25) is 9.59 Å². The summed E-state index contributed by atoms with van der Waals surface area (Å²) < 4.78 is 18.0. The van der Waals surface area contributed by atoms with Gasteiger partial charge < -0.3 is 15.0 Å². The zero-order valence-corrected chi connectivity index (χ0v) is 14.9. The maximum Gasteiger partial charge on any atom is 0.328 e. The third kappa shape index (κ3) is 4.21. The van der Waals surface area contributed by atoms with Crippen molar-refractivity contribution < 1.29 is 23.5 Å². The lowest BCUT2D eigenvalue weighted by atomic mass is 10.0. The lowest BCUT2D eigenvalue weighted by molar-refractivity contribution is -0.154. The average molecular weight is 373 g/mol. The number of nitrogens with zero attached hydrogens (tertiary/aromatic N) is 2. The van der Waals surface area contributed by atoms with Crippen LogP contribution in [0.3, 0.4) is 0 Å². The number of methoxy groups -OCH3 is 1. The largest absolute Gasteiger partial charge is 0.467 e. The Morgan fingerprint density at radius 1 is 1.26 bits per heavy atom. The van der Waals surface area contributed by atoms with Gasteiger partial charge in [-0.05, 0) is 43.5 Å². The molecule has 2 heterocycles. The Balaban J connectivity index is 1.65. The first-order valence-corrected chi connectivity index (χ1v) is 8.71. The first-order chi connectivity index (χ1) is 13.0. The molecule has 3 rings (SSSR count). The summed E-state index contributed by atoms with van der Waals surface area (Å²) in [5, 5.41) is 3.11. The number of fused-ring (bicyclic) bond motifs is 1. The number of ether oxygens (including phenoxy) is 1. The number of rotatable bonds is 4. The number of hydrogen-bond acceptors (Lipinski definition) is 5. The molecule has 1 aliphatic rings. The summed E-state index contributed by atoms with van der Waals surface area (Å²) in [6.07, 6.45) is 2.20. The number of piperidine rings is 1. The Morgan fingerprint density at radius 3 is 2.85 bits per heavy atom. The van der Waals surface area contributed by atoms with E-state index >= 15 is 0 Å². The molecule has 1 aliphatic heterocycles. The van der Waals surface area contributed by atoms with Crippen LogP contribution in [0.5, 0.6) is 0 Å². The second kappa shape index (κ2) is 8.11. The first-order valence-electron chi connectivity index (χ1n) is 8.71. The Hall–Kier alpha value is -3.03. The van der Waals surface area contributed by atoms with Crippen molar-refractivity contribution in [2.75, 3.05) is 20.2 Å². The van der Waals surface area contributed by atoms with Crippen molar-refractivity contribution in [3.8, 4) is 0 Å². The minimum atomic E-state index is -0.609. The SMILES string of the molecule is COC(=O)[C@@H]1CCCCN1C(=O)CNC(=O)c1ccc2cc(F)ccc2n1. The van der Waals surface area contributed by atoms with Crippen LogP contribution in [-0.2, 0) is 14.3 Å². The van der Waals surface area contributed by atoms with Crippen LogP contribution >= 0.6 is 0 Å². The highest BCUT2D eigenvalue weighted by molar-refractivity contribution is 5.97. The molecular formula is C19H20FN3O4. The van der Waals surface area contributed by atoms with Crippen LogP contribution in [0.25, 0.3) is 10.9 Å². The highest BCUT2D eigenvalue weighted by Gasteiger charge is 2.32. The minimum absolute atomic E-state index is 0.130. The Labute approximate surface area is 155 Å². The molecule has 2 aromatic rings. The summed E-state index contributed by atoms with van der Waals surface area (Å²) >= 11 is 0. The van der Waals surface area contributed by atoms with Crippen LogP contribution in [-0.4, -0.2) is 53.9 Å². The zero-order chi connectivity index (χ0) is 19.4. The predicted molar refractivity (Wildman–Crippen MR) is 95.4 cm³/mol. The summed E-state index contributed by atoms with van der Waals surface area (Å²) in [6, 6.07) is 6.55. The van der Waals surface area contributed by atoms with E-state index in [1.54, 1.807) is 6.07 Å². The highest BCUT2D eigenvalue weighted by Crippen LogP contribution is 2.18. The number of halogens is 1. The summed E-state index contributed by atoms with van der Waals surface area (Å²) in [6.45, 7) is 0.212. The fourth-order valence-electron chi connectivity index (χ4n) is 3.18. The van der Waals surface area contributed by atoms with E-state index < -0.39 is 17.9 Å². The molecule has 0 radical (unpaired) electrons. The van der Waals surface area contributed by atoms with Gasteiger partial charge in [0.15, 0.2) is 0 Å². The van der Waals surface area contributed by atoms with Crippen LogP contribution in [0.2, 0.25) is 0 Å². The van der Waals surface area contributed by atoms with Gasteiger partial charge in [0, 0.05) is 11.9 Å². The molecule has 1 fully saturated rings. The zero-order valence-electron chi connectivity index (χ0n) is 14.9. The number of carbonyl (C=O) groups is 3. The molecule has 1 atom stereocenters. The normalized spacial score (nSPS) is 16.8. The second-order valence-electron chi connectivity index (χ2n) is 6.34. The van der Waals surface area contributed by atoms with Gasteiger partial charge in [0.05, 0.1) is 19.2 Å². The monoisotopic (exact) mass is 373 g/mol. The van der Waals surface area contributed by atoms with E-state index in [9.17, 15) is 18.8 Å². The molecule has 0 unspecified atom stereocenters. The van der Waals surface area contributed by atoms with Gasteiger partial charge in [-0.25, -0.2) is 14.2 Å². The molecule has 1 aromatic carbocycles. The van der Waals surface area contributed by atoms with Crippen molar-refractivity contribution >= 4 is 28.7 Å². The van der Waals surface area contributed by atoms with Crippen LogP contribution < -0.4 is 5.32 Å². The molecule has 0 saturated carbocycles. The molecule has 0 aliphatic carbocycles. The number of carbonyl (C=O) groups excluding carboxylic acids is 3. The summed E-state index contributed by atoms with van der Waals surface area (Å²) in [7, 11) is 1.29. The van der Waals surface area contributed by atoms with E-state index in [-0.39, 0.29) is 24.0 Å². The van der Waals surface area contributed by atoms with E-state index in [2.05, 4.69) is 10.3 Å². The molecule has 2 amide bonds. The molecule has 1 aromatic heterocycles. The quantitative estimate of drug-likeness (QED) is 0.824. The Morgan fingerprint density at radius 2 is 2.07 bits per heavy atom. The number of likely N-dealkylation sites (tertiary alicyclic amines) is 1. The molecule has 142 valence electrons. The van der Waals surface area contributed by atoms with Crippen molar-refractivity contribution in [1.82, 2.24) is 15.2 Å². The fourth-order valence-corrected chi connectivity index (χ4v) is 3.18. The van der Waals surface area contributed by atoms with Gasteiger partial charge in [-0.2, -0.15) is 0 Å². The van der Waals surface area contributed by atoms with Gasteiger partial charge in [-0.1, -0.05) is 6.07 Å². The van der Waals surface area contributed by atoms with Crippen molar-refractivity contribution in [1.29, 1.82) is 0 Å². The number of benzene rings is 1. The summed E-state index contributed by atoms with van der Waals surface area (Å²) in [5.41, 5.74) is 0.613. The number of esters is 1. The van der Waals surface area contributed by atoms with Gasteiger partial charge in [0.25, 0.3) is 5.91 Å². The van der Waals surface area contributed by atoms with Crippen LogP contribution in [0.15, 0.2) is 30.3 Å². The van der Waals surface area contributed by atoms with Gasteiger partial charge in [-0.15, -0.1) is 0 Å². The molecule has 7 nitrogen and oxygen atoms in total. The molecule has 0 bridgehead atoms. The lowest BCUT2D eigenvalue weighted by Crippen LogP contribution is -2.51. The van der Waals surface area contributed by atoms with Crippen molar-refractivity contribution in [3.05, 3.63) is 41.8 Å². The van der Waals surface area contributed by atoms with Crippen LogP contribution in [0.1, 0.15) is 29.8 Å². The van der Waals surface area contributed by atoms with Crippen molar-refractivity contribution in [2.45, 2.75) is 25.3 Å². The molecule has 1 N–H and O–H groups in total. The van der Waals surface area contributed by atoms with Crippen molar-refractivity contribution in [3.63, 3.8) is 0 Å². The maximum absolute atomic E-state index is 13.2. The standard InChI is InChI=1S/C19H20FN3O4/c1-27-19(26)16-4-2-3-9-23(16)17(24)11-21-18(25)15-7-5-12-10-13(20)6-8-14(12)22-15/h5-8,10,16H,2-4,9,11H2,1H3,(H,21,25)/t16-/m0/s1. The lowest BCUT2D eigenvalue weighted by Gasteiger charge is -2.33. The third-order valence-corrected chi connectivity index (χ3v) is 4.58. The van der Waals surface area contributed by atoms with E-state index in [4.69, 9.17) is 4.74 Å². The molecule has 27 heavy (non-hydrogen) atoms. The van der Waals surface area contributed by atoms with Crippen LogP contribution in [0.4, 0.5) is 4.39 Å². The highest BCUT2D eigenvalue weighted by atomic mass is 19.1. The molecular weight excluding hydrogens is 353 g/mol. The van der Waals surface area contributed by atoms with E-state index in [0.29, 0.717) is 23.9 Å².